The number of rotatable bonds is 4. The van der Waals surface area contributed by atoms with Crippen LogP contribution in [0.3, 0.4) is 0 Å². The monoisotopic (exact) mass is 245 g/mol. The highest BCUT2D eigenvalue weighted by molar-refractivity contribution is 5.25. The topological polar surface area (TPSA) is 12.0 Å². The Kier molecular flexibility index (Phi) is 4.82. The summed E-state index contributed by atoms with van der Waals surface area (Å²) in [5, 5.41) is 3.50. The second-order valence-electron chi connectivity index (χ2n) is 6.04. The summed E-state index contributed by atoms with van der Waals surface area (Å²) in [4.78, 5) is 0. The highest BCUT2D eigenvalue weighted by atomic mass is 14.9. The lowest BCUT2D eigenvalue weighted by Gasteiger charge is -2.31. The standard InChI is InChI=1S/C17H27N/c1-13(2)15-10-8-14(9-11-15)12-16-6-4-5-7-17(16)18-3/h8-11,13,16-18H,4-7,12H2,1-3H3. The van der Waals surface area contributed by atoms with Gasteiger partial charge in [-0.1, -0.05) is 51.0 Å². The Morgan fingerprint density at radius 1 is 1.11 bits per heavy atom. The van der Waals surface area contributed by atoms with Gasteiger partial charge < -0.3 is 5.32 Å². The van der Waals surface area contributed by atoms with Crippen molar-refractivity contribution < 1.29 is 0 Å². The number of nitrogens with one attached hydrogen (secondary N) is 1. The van der Waals surface area contributed by atoms with Crippen molar-refractivity contribution in [3.8, 4) is 0 Å². The normalized spacial score (nSPS) is 24.4. The van der Waals surface area contributed by atoms with Crippen LogP contribution in [0.5, 0.6) is 0 Å². The van der Waals surface area contributed by atoms with Crippen LogP contribution in [0, 0.1) is 5.92 Å². The molecule has 1 nitrogen and oxygen atoms in total. The maximum Gasteiger partial charge on any atom is 0.00955 e. The van der Waals surface area contributed by atoms with Gasteiger partial charge in [0.15, 0.2) is 0 Å². The van der Waals surface area contributed by atoms with Gasteiger partial charge in [-0.15, -0.1) is 0 Å². The lowest BCUT2D eigenvalue weighted by molar-refractivity contribution is 0.273. The second kappa shape index (κ2) is 6.38. The molecule has 1 aromatic carbocycles. The van der Waals surface area contributed by atoms with Crippen molar-refractivity contribution in [2.75, 3.05) is 7.05 Å². The summed E-state index contributed by atoms with van der Waals surface area (Å²) in [6.07, 6.45) is 6.79. The average molecular weight is 245 g/mol. The van der Waals surface area contributed by atoms with Crippen LogP contribution in [0.2, 0.25) is 0 Å². The first-order chi connectivity index (χ1) is 8.70. The molecule has 100 valence electrons. The van der Waals surface area contributed by atoms with E-state index in [4.69, 9.17) is 0 Å². The summed E-state index contributed by atoms with van der Waals surface area (Å²) < 4.78 is 0. The van der Waals surface area contributed by atoms with Crippen molar-refractivity contribution in [1.29, 1.82) is 0 Å². The molecule has 0 radical (unpaired) electrons. The van der Waals surface area contributed by atoms with Gasteiger partial charge in [-0.2, -0.15) is 0 Å². The SMILES string of the molecule is CNC1CCCCC1Cc1ccc(C(C)C)cc1. The Hall–Kier alpha value is -0.820. The van der Waals surface area contributed by atoms with E-state index >= 15 is 0 Å². The molecule has 0 spiro atoms. The zero-order chi connectivity index (χ0) is 13.0. The molecule has 0 aliphatic heterocycles. The van der Waals surface area contributed by atoms with E-state index in [2.05, 4.69) is 50.5 Å². The van der Waals surface area contributed by atoms with E-state index in [-0.39, 0.29) is 0 Å². The molecule has 2 rings (SSSR count). The number of benzene rings is 1. The minimum absolute atomic E-state index is 0.638. The largest absolute Gasteiger partial charge is 0.317 e. The first kappa shape index (κ1) is 13.6. The minimum Gasteiger partial charge on any atom is -0.317 e. The first-order valence-corrected chi connectivity index (χ1v) is 7.47. The van der Waals surface area contributed by atoms with Gasteiger partial charge in [0.05, 0.1) is 0 Å². The molecule has 1 fully saturated rings. The molecule has 1 N–H and O–H groups in total. The van der Waals surface area contributed by atoms with E-state index in [0.717, 1.165) is 12.0 Å². The molecule has 1 aliphatic rings. The number of hydrogen-bond acceptors (Lipinski definition) is 1. The molecule has 1 aliphatic carbocycles. The van der Waals surface area contributed by atoms with Gasteiger partial charge in [0, 0.05) is 6.04 Å². The molecule has 0 bridgehead atoms. The Morgan fingerprint density at radius 2 is 1.78 bits per heavy atom. The van der Waals surface area contributed by atoms with Crippen molar-refractivity contribution in [3.05, 3.63) is 35.4 Å². The van der Waals surface area contributed by atoms with Crippen molar-refractivity contribution in [2.45, 2.75) is 57.9 Å². The van der Waals surface area contributed by atoms with Crippen LogP contribution in [0.4, 0.5) is 0 Å². The van der Waals surface area contributed by atoms with Crippen LogP contribution >= 0.6 is 0 Å². The van der Waals surface area contributed by atoms with Crippen LogP contribution in [0.25, 0.3) is 0 Å². The summed E-state index contributed by atoms with van der Waals surface area (Å²) >= 11 is 0. The Labute approximate surface area is 112 Å². The molecule has 0 aromatic heterocycles. The predicted octanol–water partition coefficient (Wildman–Crippen LogP) is 4.13. The van der Waals surface area contributed by atoms with Crippen LogP contribution in [-0.2, 0) is 6.42 Å². The molecule has 18 heavy (non-hydrogen) atoms. The summed E-state index contributed by atoms with van der Waals surface area (Å²) in [6.45, 7) is 4.51. The van der Waals surface area contributed by atoms with E-state index in [1.165, 1.54) is 43.2 Å². The molecule has 1 saturated carbocycles. The third-order valence-corrected chi connectivity index (χ3v) is 4.42. The van der Waals surface area contributed by atoms with Crippen LogP contribution in [0.15, 0.2) is 24.3 Å². The highest BCUT2D eigenvalue weighted by Crippen LogP contribution is 2.27. The zero-order valence-corrected chi connectivity index (χ0v) is 12.1. The lowest BCUT2D eigenvalue weighted by atomic mass is 9.80. The molecule has 0 saturated heterocycles. The average Bonchev–Trinajstić information content (AvgIpc) is 2.40. The third-order valence-electron chi connectivity index (χ3n) is 4.42. The molecule has 1 aromatic rings. The van der Waals surface area contributed by atoms with Gasteiger partial charge in [0.1, 0.15) is 0 Å². The van der Waals surface area contributed by atoms with Gasteiger partial charge in [0.2, 0.25) is 0 Å². The van der Waals surface area contributed by atoms with E-state index in [1.54, 1.807) is 0 Å². The lowest BCUT2D eigenvalue weighted by Crippen LogP contribution is -2.37. The molecular weight excluding hydrogens is 218 g/mol. The van der Waals surface area contributed by atoms with Gasteiger partial charge in [-0.05, 0) is 49.3 Å². The number of hydrogen-bond donors (Lipinski definition) is 1. The maximum atomic E-state index is 3.50. The predicted molar refractivity (Wildman–Crippen MR) is 79.0 cm³/mol. The van der Waals surface area contributed by atoms with Gasteiger partial charge in [0.25, 0.3) is 0 Å². The summed E-state index contributed by atoms with van der Waals surface area (Å²) in [7, 11) is 2.12. The van der Waals surface area contributed by atoms with Gasteiger partial charge >= 0.3 is 0 Å². The van der Waals surface area contributed by atoms with Crippen LogP contribution in [0.1, 0.15) is 56.6 Å². The van der Waals surface area contributed by atoms with Gasteiger partial charge in [-0.25, -0.2) is 0 Å². The fraction of sp³-hybridized carbons (Fsp3) is 0.647. The fourth-order valence-corrected chi connectivity index (χ4v) is 3.17. The van der Waals surface area contributed by atoms with E-state index in [9.17, 15) is 0 Å². The van der Waals surface area contributed by atoms with E-state index in [0.29, 0.717) is 5.92 Å². The smallest absolute Gasteiger partial charge is 0.00955 e. The minimum atomic E-state index is 0.638. The molecule has 2 atom stereocenters. The van der Waals surface area contributed by atoms with Gasteiger partial charge in [-0.3, -0.25) is 0 Å². The molecule has 1 heteroatoms. The van der Waals surface area contributed by atoms with Crippen molar-refractivity contribution in [3.63, 3.8) is 0 Å². The van der Waals surface area contributed by atoms with Crippen molar-refractivity contribution >= 4 is 0 Å². The zero-order valence-electron chi connectivity index (χ0n) is 12.1. The molecule has 0 amide bonds. The second-order valence-corrected chi connectivity index (χ2v) is 6.04. The van der Waals surface area contributed by atoms with Crippen molar-refractivity contribution in [2.24, 2.45) is 5.92 Å². The molecule has 2 unspecified atom stereocenters. The maximum absolute atomic E-state index is 3.50. The van der Waals surface area contributed by atoms with E-state index < -0.39 is 0 Å². The van der Waals surface area contributed by atoms with Crippen LogP contribution < -0.4 is 5.32 Å². The van der Waals surface area contributed by atoms with Crippen LogP contribution in [-0.4, -0.2) is 13.1 Å². The Morgan fingerprint density at radius 3 is 2.39 bits per heavy atom. The summed E-state index contributed by atoms with van der Waals surface area (Å²) in [6, 6.07) is 9.99. The van der Waals surface area contributed by atoms with E-state index in [1.807, 2.05) is 0 Å². The summed E-state index contributed by atoms with van der Waals surface area (Å²) in [5.74, 6) is 1.47. The highest BCUT2D eigenvalue weighted by Gasteiger charge is 2.23. The third kappa shape index (κ3) is 3.35. The molecule has 0 heterocycles. The fourth-order valence-electron chi connectivity index (χ4n) is 3.17. The Bertz CT molecular complexity index is 352. The summed E-state index contributed by atoms with van der Waals surface area (Å²) in [5.41, 5.74) is 2.96. The van der Waals surface area contributed by atoms with Crippen molar-refractivity contribution in [1.82, 2.24) is 5.32 Å². The Balaban J connectivity index is 1.99. The molecular formula is C17H27N. The quantitative estimate of drug-likeness (QED) is 0.841. The first-order valence-electron chi connectivity index (χ1n) is 7.47.